The summed E-state index contributed by atoms with van der Waals surface area (Å²) in [5.41, 5.74) is 1.00. The number of amides is 2. The monoisotopic (exact) mass is 249 g/mol. The fourth-order valence-corrected chi connectivity index (χ4v) is 2.12. The van der Waals surface area contributed by atoms with E-state index in [2.05, 4.69) is 0 Å². The molecule has 1 aromatic rings. The summed E-state index contributed by atoms with van der Waals surface area (Å²) in [4.78, 5) is 25.1. The van der Waals surface area contributed by atoms with E-state index in [4.69, 9.17) is 11.6 Å². The van der Waals surface area contributed by atoms with Crippen LogP contribution in [0.4, 0.5) is 0 Å². The van der Waals surface area contributed by atoms with Crippen LogP contribution in [0.2, 0.25) is 0 Å². The van der Waals surface area contributed by atoms with Gasteiger partial charge in [-0.05, 0) is 12.0 Å². The molecule has 1 aliphatic rings. The van der Waals surface area contributed by atoms with E-state index in [1.807, 2.05) is 25.1 Å². The van der Waals surface area contributed by atoms with Crippen molar-refractivity contribution in [2.24, 2.45) is 0 Å². The molecule has 17 heavy (non-hydrogen) atoms. The van der Waals surface area contributed by atoms with E-state index in [-0.39, 0.29) is 10.9 Å². The Morgan fingerprint density at radius 2 is 1.76 bits per heavy atom. The summed E-state index contributed by atoms with van der Waals surface area (Å²) in [6.45, 7) is 2.32. The van der Waals surface area contributed by atoms with Gasteiger partial charge in [-0.25, -0.2) is 0 Å². The summed E-state index contributed by atoms with van der Waals surface area (Å²) in [6, 6.07) is 9.03. The van der Waals surface area contributed by atoms with Crippen molar-refractivity contribution in [2.75, 3.05) is 6.54 Å². The number of carbonyl (C=O) groups is 2. The second kappa shape index (κ2) is 4.72. The molecule has 0 saturated carbocycles. The molecule has 0 radical (unpaired) electrons. The van der Waals surface area contributed by atoms with Crippen LogP contribution in [0.15, 0.2) is 35.4 Å². The SMILES string of the molecule is CCCN1C(=O)C(Cl)=C(c2ccccc2)C1=O. The third kappa shape index (κ3) is 1.98. The van der Waals surface area contributed by atoms with Gasteiger partial charge in [0.05, 0.1) is 5.57 Å². The predicted octanol–water partition coefficient (Wildman–Crippen LogP) is 2.42. The highest BCUT2D eigenvalue weighted by Gasteiger charge is 2.37. The van der Waals surface area contributed by atoms with E-state index in [1.54, 1.807) is 12.1 Å². The molecule has 1 aromatic carbocycles. The average molecular weight is 250 g/mol. The van der Waals surface area contributed by atoms with Gasteiger partial charge in [0.15, 0.2) is 0 Å². The van der Waals surface area contributed by atoms with Crippen LogP contribution in [-0.4, -0.2) is 23.3 Å². The van der Waals surface area contributed by atoms with Gasteiger partial charge in [0.2, 0.25) is 0 Å². The smallest absolute Gasteiger partial charge is 0.273 e. The quantitative estimate of drug-likeness (QED) is 0.772. The molecular formula is C13H12ClNO2. The number of hydrogen-bond donors (Lipinski definition) is 0. The Bertz CT molecular complexity index is 493. The molecule has 1 heterocycles. The van der Waals surface area contributed by atoms with Gasteiger partial charge in [0.25, 0.3) is 11.8 Å². The summed E-state index contributed by atoms with van der Waals surface area (Å²) in [5, 5.41) is 0.0228. The summed E-state index contributed by atoms with van der Waals surface area (Å²) in [6.07, 6.45) is 0.726. The molecule has 0 N–H and O–H groups in total. The first kappa shape index (κ1) is 11.9. The first-order valence-corrected chi connectivity index (χ1v) is 5.86. The van der Waals surface area contributed by atoms with E-state index in [0.717, 1.165) is 6.42 Å². The van der Waals surface area contributed by atoms with Gasteiger partial charge in [0.1, 0.15) is 5.03 Å². The average Bonchev–Trinajstić information content (AvgIpc) is 2.55. The van der Waals surface area contributed by atoms with Crippen LogP contribution in [0.3, 0.4) is 0 Å². The lowest BCUT2D eigenvalue weighted by Gasteiger charge is -2.12. The number of benzene rings is 1. The molecule has 0 atom stereocenters. The Balaban J connectivity index is 2.42. The van der Waals surface area contributed by atoms with Gasteiger partial charge in [-0.3, -0.25) is 14.5 Å². The molecule has 0 bridgehead atoms. The van der Waals surface area contributed by atoms with Crippen molar-refractivity contribution in [2.45, 2.75) is 13.3 Å². The zero-order valence-electron chi connectivity index (χ0n) is 9.44. The van der Waals surface area contributed by atoms with Crippen molar-refractivity contribution in [3.05, 3.63) is 40.9 Å². The number of rotatable bonds is 3. The second-order valence-electron chi connectivity index (χ2n) is 3.82. The number of imide groups is 1. The molecule has 0 aromatic heterocycles. The first-order chi connectivity index (χ1) is 8.16. The molecule has 2 rings (SSSR count). The third-order valence-electron chi connectivity index (χ3n) is 2.62. The van der Waals surface area contributed by atoms with Crippen molar-refractivity contribution >= 4 is 29.0 Å². The molecular weight excluding hydrogens is 238 g/mol. The minimum atomic E-state index is -0.391. The Morgan fingerprint density at radius 3 is 2.35 bits per heavy atom. The minimum Gasteiger partial charge on any atom is -0.274 e. The van der Waals surface area contributed by atoms with Gasteiger partial charge in [-0.15, -0.1) is 0 Å². The summed E-state index contributed by atoms with van der Waals surface area (Å²) in [5.74, 6) is -0.689. The van der Waals surface area contributed by atoms with Gasteiger partial charge in [0, 0.05) is 6.54 Å². The molecule has 1 aliphatic heterocycles. The molecule has 2 amide bonds. The highest BCUT2D eigenvalue weighted by Crippen LogP contribution is 2.31. The number of carbonyl (C=O) groups excluding carboxylic acids is 2. The second-order valence-corrected chi connectivity index (χ2v) is 4.19. The van der Waals surface area contributed by atoms with Crippen molar-refractivity contribution in [3.63, 3.8) is 0 Å². The van der Waals surface area contributed by atoms with Gasteiger partial charge in [-0.1, -0.05) is 48.9 Å². The third-order valence-corrected chi connectivity index (χ3v) is 2.97. The van der Waals surface area contributed by atoms with Gasteiger partial charge in [-0.2, -0.15) is 0 Å². The number of halogens is 1. The molecule has 0 aliphatic carbocycles. The molecule has 4 heteroatoms. The maximum Gasteiger partial charge on any atom is 0.273 e. The number of hydrogen-bond acceptors (Lipinski definition) is 2. The van der Waals surface area contributed by atoms with Gasteiger partial charge >= 0.3 is 0 Å². The lowest BCUT2D eigenvalue weighted by Crippen LogP contribution is -2.31. The topological polar surface area (TPSA) is 37.4 Å². The van der Waals surface area contributed by atoms with Crippen LogP contribution < -0.4 is 0 Å². The normalized spacial score (nSPS) is 16.0. The number of nitrogens with zero attached hydrogens (tertiary/aromatic N) is 1. The van der Waals surface area contributed by atoms with Gasteiger partial charge < -0.3 is 0 Å². The highest BCUT2D eigenvalue weighted by atomic mass is 35.5. The van der Waals surface area contributed by atoms with Crippen molar-refractivity contribution < 1.29 is 9.59 Å². The zero-order valence-corrected chi connectivity index (χ0v) is 10.2. The Hall–Kier alpha value is -1.61. The summed E-state index contributed by atoms with van der Waals surface area (Å²) >= 11 is 5.96. The molecule has 0 fully saturated rings. The molecule has 88 valence electrons. The molecule has 0 spiro atoms. The maximum absolute atomic E-state index is 12.1. The minimum absolute atomic E-state index is 0.0228. The van der Waals surface area contributed by atoms with E-state index >= 15 is 0 Å². The fraction of sp³-hybridized carbons (Fsp3) is 0.231. The lowest BCUT2D eigenvalue weighted by atomic mass is 10.1. The van der Waals surface area contributed by atoms with E-state index < -0.39 is 5.91 Å². The van der Waals surface area contributed by atoms with Crippen molar-refractivity contribution in [1.82, 2.24) is 4.90 Å². The largest absolute Gasteiger partial charge is 0.274 e. The standard InChI is InChI=1S/C13H12ClNO2/c1-2-8-15-12(16)10(11(14)13(15)17)9-6-4-3-5-7-9/h3-7H,2,8H2,1H3. The van der Waals surface area contributed by atoms with Crippen LogP contribution in [-0.2, 0) is 9.59 Å². The molecule has 0 saturated heterocycles. The van der Waals surface area contributed by atoms with Crippen LogP contribution in [0.5, 0.6) is 0 Å². The maximum atomic E-state index is 12.1. The van der Waals surface area contributed by atoms with Crippen molar-refractivity contribution in [3.8, 4) is 0 Å². The lowest BCUT2D eigenvalue weighted by molar-refractivity contribution is -0.136. The summed E-state index contributed by atoms with van der Waals surface area (Å²) < 4.78 is 0. The van der Waals surface area contributed by atoms with Crippen LogP contribution in [0, 0.1) is 0 Å². The highest BCUT2D eigenvalue weighted by molar-refractivity contribution is 6.55. The predicted molar refractivity (Wildman–Crippen MR) is 66.2 cm³/mol. The van der Waals surface area contributed by atoms with Crippen molar-refractivity contribution in [1.29, 1.82) is 0 Å². The Morgan fingerprint density at radius 1 is 1.12 bits per heavy atom. The van der Waals surface area contributed by atoms with Crippen LogP contribution in [0.1, 0.15) is 18.9 Å². The Kier molecular flexibility index (Phi) is 3.29. The van der Waals surface area contributed by atoms with E-state index in [9.17, 15) is 9.59 Å². The van der Waals surface area contributed by atoms with Crippen LogP contribution in [0.25, 0.3) is 5.57 Å². The van der Waals surface area contributed by atoms with Crippen LogP contribution >= 0.6 is 11.6 Å². The molecule has 0 unspecified atom stereocenters. The van der Waals surface area contributed by atoms with E-state index in [0.29, 0.717) is 17.7 Å². The molecule has 3 nitrogen and oxygen atoms in total. The fourth-order valence-electron chi connectivity index (χ4n) is 1.83. The summed E-state index contributed by atoms with van der Waals surface area (Å²) in [7, 11) is 0. The zero-order chi connectivity index (χ0) is 12.4. The van der Waals surface area contributed by atoms with E-state index in [1.165, 1.54) is 4.90 Å². The first-order valence-electron chi connectivity index (χ1n) is 5.48. The Labute approximate surface area is 105 Å².